The summed E-state index contributed by atoms with van der Waals surface area (Å²) >= 11 is 0. The Hall–Kier alpha value is -1.42. The van der Waals surface area contributed by atoms with Gasteiger partial charge in [-0.1, -0.05) is 12.1 Å². The van der Waals surface area contributed by atoms with Crippen molar-refractivity contribution in [2.45, 2.75) is 44.1 Å². The van der Waals surface area contributed by atoms with E-state index in [-0.39, 0.29) is 47.2 Å². The second kappa shape index (κ2) is 10.3. The van der Waals surface area contributed by atoms with Crippen LogP contribution in [0.2, 0.25) is 0 Å². The molecular weight excluding hydrogens is 498 g/mol. The van der Waals surface area contributed by atoms with Crippen LogP contribution in [0.25, 0.3) is 0 Å². The molecular formula is C22H32FIN4O2. The van der Waals surface area contributed by atoms with Crippen LogP contribution in [0, 0.1) is 5.82 Å². The normalized spacial score (nSPS) is 23.1. The first-order chi connectivity index (χ1) is 14.1. The molecule has 0 aromatic heterocycles. The van der Waals surface area contributed by atoms with E-state index in [0.717, 1.165) is 56.8 Å². The predicted octanol–water partition coefficient (Wildman–Crippen LogP) is 2.76. The van der Waals surface area contributed by atoms with Crippen molar-refractivity contribution in [2.75, 3.05) is 45.9 Å². The second-order valence-corrected chi connectivity index (χ2v) is 8.27. The minimum atomic E-state index is -0.246. The molecule has 1 aromatic rings. The van der Waals surface area contributed by atoms with Crippen LogP contribution in [-0.4, -0.2) is 73.6 Å². The molecule has 1 saturated carbocycles. The number of carbonyl (C=O) groups excluding carboxylic acids is 1. The van der Waals surface area contributed by atoms with E-state index in [0.29, 0.717) is 26.2 Å². The van der Waals surface area contributed by atoms with Crippen LogP contribution < -0.4 is 5.32 Å². The summed E-state index contributed by atoms with van der Waals surface area (Å²) in [5.41, 5.74) is 1.02. The standard InChI is InChI=1S/C22H31FN4O2.HI/c1-2-24-21(25-16-22(8-9-22)17-5-3-6-18(23)15-17)27-12-10-26(11-13-27)20(28)19-7-4-14-29-19;/h3,5-6,15,19H,2,4,7-14,16H2,1H3,(H,24,25);1H. The molecule has 3 aliphatic rings. The molecule has 0 radical (unpaired) electrons. The molecule has 0 spiro atoms. The largest absolute Gasteiger partial charge is 0.368 e. The van der Waals surface area contributed by atoms with E-state index in [4.69, 9.17) is 9.73 Å². The zero-order valence-electron chi connectivity index (χ0n) is 17.6. The Balaban J connectivity index is 0.00000256. The van der Waals surface area contributed by atoms with Gasteiger partial charge < -0.3 is 19.9 Å². The number of hydrogen-bond acceptors (Lipinski definition) is 3. The second-order valence-electron chi connectivity index (χ2n) is 8.27. The minimum Gasteiger partial charge on any atom is -0.368 e. The van der Waals surface area contributed by atoms with E-state index in [2.05, 4.69) is 17.1 Å². The van der Waals surface area contributed by atoms with Crippen molar-refractivity contribution in [2.24, 2.45) is 4.99 Å². The fourth-order valence-corrected chi connectivity index (χ4v) is 4.27. The SMILES string of the molecule is CCNC(=NCC1(c2cccc(F)c2)CC1)N1CCN(C(=O)C2CCCO2)CC1.I. The van der Waals surface area contributed by atoms with Crippen LogP contribution >= 0.6 is 24.0 Å². The molecule has 1 aromatic carbocycles. The molecule has 30 heavy (non-hydrogen) atoms. The average Bonchev–Trinajstić information content (AvgIpc) is 3.34. The first kappa shape index (κ1) is 23.2. The Labute approximate surface area is 195 Å². The Bertz CT molecular complexity index is 757. The Kier molecular flexibility index (Phi) is 7.95. The Morgan fingerprint density at radius 3 is 2.60 bits per heavy atom. The highest BCUT2D eigenvalue weighted by atomic mass is 127. The molecule has 2 aliphatic heterocycles. The van der Waals surface area contributed by atoms with Crippen LogP contribution in [0.4, 0.5) is 4.39 Å². The van der Waals surface area contributed by atoms with Crippen molar-refractivity contribution in [3.63, 3.8) is 0 Å². The van der Waals surface area contributed by atoms with Crippen LogP contribution in [0.3, 0.4) is 0 Å². The van der Waals surface area contributed by atoms with Gasteiger partial charge in [0.1, 0.15) is 11.9 Å². The number of carbonyl (C=O) groups is 1. The lowest BCUT2D eigenvalue weighted by molar-refractivity contribution is -0.142. The number of nitrogens with zero attached hydrogens (tertiary/aromatic N) is 3. The molecule has 0 bridgehead atoms. The smallest absolute Gasteiger partial charge is 0.251 e. The number of guanidine groups is 1. The van der Waals surface area contributed by atoms with E-state index in [9.17, 15) is 9.18 Å². The Morgan fingerprint density at radius 1 is 1.27 bits per heavy atom. The zero-order valence-corrected chi connectivity index (χ0v) is 19.9. The van der Waals surface area contributed by atoms with Gasteiger partial charge >= 0.3 is 0 Å². The summed E-state index contributed by atoms with van der Waals surface area (Å²) in [5, 5.41) is 3.39. The molecule has 6 nitrogen and oxygen atoms in total. The van der Waals surface area contributed by atoms with E-state index in [1.807, 2.05) is 11.0 Å². The van der Waals surface area contributed by atoms with Gasteiger partial charge in [-0.05, 0) is 50.3 Å². The fourth-order valence-electron chi connectivity index (χ4n) is 4.27. The quantitative estimate of drug-likeness (QED) is 0.362. The lowest BCUT2D eigenvalue weighted by Gasteiger charge is -2.37. The van der Waals surface area contributed by atoms with Gasteiger partial charge in [0, 0.05) is 44.7 Å². The molecule has 4 rings (SSSR count). The highest BCUT2D eigenvalue weighted by Crippen LogP contribution is 2.48. The number of benzene rings is 1. The van der Waals surface area contributed by atoms with Crippen molar-refractivity contribution < 1.29 is 13.9 Å². The van der Waals surface area contributed by atoms with E-state index in [1.165, 1.54) is 6.07 Å². The van der Waals surface area contributed by atoms with Gasteiger partial charge in [-0.15, -0.1) is 24.0 Å². The van der Waals surface area contributed by atoms with Crippen molar-refractivity contribution in [1.29, 1.82) is 0 Å². The van der Waals surface area contributed by atoms with Crippen molar-refractivity contribution in [3.8, 4) is 0 Å². The van der Waals surface area contributed by atoms with Gasteiger partial charge in [0.25, 0.3) is 5.91 Å². The molecule has 1 aliphatic carbocycles. The summed E-state index contributed by atoms with van der Waals surface area (Å²) in [5.74, 6) is 0.836. The van der Waals surface area contributed by atoms with Gasteiger partial charge in [-0.3, -0.25) is 9.79 Å². The first-order valence-corrected chi connectivity index (χ1v) is 10.8. The summed E-state index contributed by atoms with van der Waals surface area (Å²) in [6.07, 6.45) is 3.65. The summed E-state index contributed by atoms with van der Waals surface area (Å²) in [4.78, 5) is 21.6. The van der Waals surface area contributed by atoms with Crippen LogP contribution in [0.1, 0.15) is 38.2 Å². The number of halogens is 2. The molecule has 2 saturated heterocycles. The predicted molar refractivity (Wildman–Crippen MR) is 126 cm³/mol. The number of aliphatic imine (C=N–C) groups is 1. The topological polar surface area (TPSA) is 57.2 Å². The van der Waals surface area contributed by atoms with Crippen LogP contribution in [-0.2, 0) is 14.9 Å². The third kappa shape index (κ3) is 5.25. The molecule has 1 N–H and O–H groups in total. The summed E-state index contributed by atoms with van der Waals surface area (Å²) < 4.78 is 19.2. The monoisotopic (exact) mass is 530 g/mol. The average molecular weight is 530 g/mol. The van der Waals surface area contributed by atoms with Crippen molar-refractivity contribution in [1.82, 2.24) is 15.1 Å². The van der Waals surface area contributed by atoms with Crippen LogP contribution in [0.5, 0.6) is 0 Å². The highest BCUT2D eigenvalue weighted by Gasteiger charge is 2.44. The first-order valence-electron chi connectivity index (χ1n) is 10.8. The van der Waals surface area contributed by atoms with Gasteiger partial charge in [-0.25, -0.2) is 4.39 Å². The summed E-state index contributed by atoms with van der Waals surface area (Å²) in [6.45, 7) is 7.12. The molecule has 1 unspecified atom stereocenters. The fraction of sp³-hybridized carbons (Fsp3) is 0.636. The van der Waals surface area contributed by atoms with Crippen molar-refractivity contribution in [3.05, 3.63) is 35.6 Å². The summed E-state index contributed by atoms with van der Waals surface area (Å²) in [7, 11) is 0. The van der Waals surface area contributed by atoms with E-state index >= 15 is 0 Å². The van der Waals surface area contributed by atoms with E-state index < -0.39 is 0 Å². The maximum absolute atomic E-state index is 13.7. The van der Waals surface area contributed by atoms with Crippen LogP contribution in [0.15, 0.2) is 29.3 Å². The highest BCUT2D eigenvalue weighted by molar-refractivity contribution is 14.0. The number of rotatable bonds is 5. The summed E-state index contributed by atoms with van der Waals surface area (Å²) in [6, 6.07) is 6.92. The van der Waals surface area contributed by atoms with E-state index in [1.54, 1.807) is 12.1 Å². The third-order valence-electron chi connectivity index (χ3n) is 6.25. The number of amides is 1. The molecule has 8 heteroatoms. The van der Waals surface area contributed by atoms with Crippen molar-refractivity contribution >= 4 is 35.8 Å². The van der Waals surface area contributed by atoms with Gasteiger partial charge in [-0.2, -0.15) is 0 Å². The molecule has 2 heterocycles. The third-order valence-corrected chi connectivity index (χ3v) is 6.25. The Morgan fingerprint density at radius 2 is 2.00 bits per heavy atom. The van der Waals surface area contributed by atoms with Gasteiger partial charge in [0.05, 0.1) is 6.54 Å². The lowest BCUT2D eigenvalue weighted by Crippen LogP contribution is -2.55. The molecule has 166 valence electrons. The number of nitrogens with one attached hydrogen (secondary N) is 1. The minimum absolute atomic E-state index is 0. The number of piperazine rings is 1. The maximum Gasteiger partial charge on any atom is 0.251 e. The lowest BCUT2D eigenvalue weighted by atomic mass is 9.96. The van der Waals surface area contributed by atoms with Gasteiger partial charge in [0.2, 0.25) is 0 Å². The molecule has 3 fully saturated rings. The number of hydrogen-bond donors (Lipinski definition) is 1. The zero-order chi connectivity index (χ0) is 20.3. The molecule has 1 amide bonds. The van der Waals surface area contributed by atoms with Gasteiger partial charge in [0.15, 0.2) is 5.96 Å². The maximum atomic E-state index is 13.7. The number of ether oxygens (including phenoxy) is 1. The molecule has 1 atom stereocenters.